The van der Waals surface area contributed by atoms with Crippen molar-refractivity contribution in [3.63, 3.8) is 0 Å². The number of nitrogens with one attached hydrogen (secondary N) is 1. The molecule has 2 aromatic rings. The smallest absolute Gasteiger partial charge is 0.338 e. The molecule has 18 heavy (non-hydrogen) atoms. The highest BCUT2D eigenvalue weighted by atomic mass is 19.4. The van der Waals surface area contributed by atoms with Crippen molar-refractivity contribution in [2.75, 3.05) is 5.32 Å². The number of halogens is 4. The van der Waals surface area contributed by atoms with Crippen molar-refractivity contribution in [2.24, 2.45) is 0 Å². The van der Waals surface area contributed by atoms with E-state index in [2.05, 4.69) is 15.3 Å². The number of aromatic nitrogens is 2. The van der Waals surface area contributed by atoms with Gasteiger partial charge in [0, 0.05) is 6.20 Å². The van der Waals surface area contributed by atoms with Crippen molar-refractivity contribution in [2.45, 2.75) is 6.18 Å². The number of rotatable bonds is 2. The fourth-order valence-corrected chi connectivity index (χ4v) is 1.30. The fourth-order valence-electron chi connectivity index (χ4n) is 1.30. The molecule has 1 aromatic heterocycles. The van der Waals surface area contributed by atoms with Gasteiger partial charge in [-0.3, -0.25) is 0 Å². The van der Waals surface area contributed by atoms with Crippen LogP contribution in [0.4, 0.5) is 29.1 Å². The lowest BCUT2D eigenvalue weighted by atomic mass is 10.2. The summed E-state index contributed by atoms with van der Waals surface area (Å²) in [4.78, 5) is 7.38. The average molecular weight is 257 g/mol. The summed E-state index contributed by atoms with van der Waals surface area (Å²) < 4.78 is 50.8. The molecule has 3 nitrogen and oxygen atoms in total. The van der Waals surface area contributed by atoms with Crippen LogP contribution in [0.5, 0.6) is 0 Å². The number of alkyl halides is 3. The van der Waals surface area contributed by atoms with Gasteiger partial charge >= 0.3 is 6.18 Å². The van der Waals surface area contributed by atoms with E-state index in [4.69, 9.17) is 0 Å². The number of hydrogen-bond donors (Lipinski definition) is 1. The zero-order chi connectivity index (χ0) is 13.2. The van der Waals surface area contributed by atoms with Crippen molar-refractivity contribution in [1.82, 2.24) is 9.97 Å². The molecule has 0 unspecified atom stereocenters. The van der Waals surface area contributed by atoms with Crippen LogP contribution in [0.3, 0.4) is 0 Å². The Hall–Kier alpha value is -2.18. The molecule has 0 saturated carbocycles. The summed E-state index contributed by atoms with van der Waals surface area (Å²) in [5.74, 6) is -0.579. The van der Waals surface area contributed by atoms with Crippen molar-refractivity contribution in [1.29, 1.82) is 0 Å². The van der Waals surface area contributed by atoms with Crippen LogP contribution in [0.25, 0.3) is 0 Å². The minimum Gasteiger partial charge on any atom is -0.338 e. The van der Waals surface area contributed by atoms with Crippen LogP contribution in [0.1, 0.15) is 5.56 Å². The van der Waals surface area contributed by atoms with E-state index in [0.29, 0.717) is 12.1 Å². The molecule has 0 bridgehead atoms. The normalized spacial score (nSPS) is 11.3. The van der Waals surface area contributed by atoms with Gasteiger partial charge < -0.3 is 5.32 Å². The molecule has 0 aliphatic carbocycles. The monoisotopic (exact) mass is 257 g/mol. The summed E-state index contributed by atoms with van der Waals surface area (Å²) in [6.07, 6.45) is -1.93. The predicted molar refractivity (Wildman–Crippen MR) is 56.7 cm³/mol. The summed E-state index contributed by atoms with van der Waals surface area (Å²) in [6, 6.07) is 3.55. The van der Waals surface area contributed by atoms with Gasteiger partial charge in [-0.1, -0.05) is 0 Å². The Bertz CT molecular complexity index is 540. The molecular weight excluding hydrogens is 250 g/mol. The second-order valence-corrected chi connectivity index (χ2v) is 3.41. The first kappa shape index (κ1) is 12.3. The number of anilines is 2. The highest BCUT2D eigenvalue weighted by Crippen LogP contribution is 2.32. The molecule has 1 aromatic carbocycles. The van der Waals surface area contributed by atoms with E-state index in [1.807, 2.05) is 0 Å². The standard InChI is InChI=1S/C11H7F4N3/c12-8-2-1-7(11(13,14)15)5-9(8)18-10-3-4-16-6-17-10/h1-6H,(H,16,17,18). The van der Waals surface area contributed by atoms with E-state index in [1.54, 1.807) is 0 Å². The molecule has 0 radical (unpaired) electrons. The van der Waals surface area contributed by atoms with Gasteiger partial charge in [-0.25, -0.2) is 14.4 Å². The van der Waals surface area contributed by atoms with Crippen LogP contribution in [0.2, 0.25) is 0 Å². The summed E-state index contributed by atoms with van der Waals surface area (Å²) in [5, 5.41) is 2.46. The summed E-state index contributed by atoms with van der Waals surface area (Å²) in [5.41, 5.74) is -1.22. The van der Waals surface area contributed by atoms with Crippen LogP contribution in [0.15, 0.2) is 36.8 Å². The second-order valence-electron chi connectivity index (χ2n) is 3.41. The van der Waals surface area contributed by atoms with Gasteiger partial charge in [-0.15, -0.1) is 0 Å². The maximum Gasteiger partial charge on any atom is 0.416 e. The third kappa shape index (κ3) is 2.73. The van der Waals surface area contributed by atoms with E-state index < -0.39 is 17.6 Å². The van der Waals surface area contributed by atoms with E-state index in [0.717, 1.165) is 6.07 Å². The van der Waals surface area contributed by atoms with E-state index in [1.165, 1.54) is 18.6 Å². The minimum atomic E-state index is -4.52. The molecule has 0 amide bonds. The van der Waals surface area contributed by atoms with Gasteiger partial charge in [0.05, 0.1) is 11.3 Å². The highest BCUT2D eigenvalue weighted by Gasteiger charge is 2.31. The van der Waals surface area contributed by atoms with Crippen LogP contribution in [-0.4, -0.2) is 9.97 Å². The summed E-state index contributed by atoms with van der Waals surface area (Å²) >= 11 is 0. The molecule has 0 spiro atoms. The number of benzene rings is 1. The maximum atomic E-state index is 13.4. The van der Waals surface area contributed by atoms with Crippen molar-refractivity contribution < 1.29 is 17.6 Å². The van der Waals surface area contributed by atoms with Crippen molar-refractivity contribution >= 4 is 11.5 Å². The van der Waals surface area contributed by atoms with Gasteiger partial charge in [-0.2, -0.15) is 13.2 Å². The lowest BCUT2D eigenvalue weighted by Gasteiger charge is -2.10. The molecule has 0 atom stereocenters. The van der Waals surface area contributed by atoms with Crippen molar-refractivity contribution in [3.8, 4) is 0 Å². The Morgan fingerprint density at radius 2 is 1.89 bits per heavy atom. The first-order chi connectivity index (χ1) is 8.47. The van der Waals surface area contributed by atoms with Gasteiger partial charge in [0.25, 0.3) is 0 Å². The van der Waals surface area contributed by atoms with Gasteiger partial charge in [0.1, 0.15) is 18.0 Å². The largest absolute Gasteiger partial charge is 0.416 e. The van der Waals surface area contributed by atoms with Gasteiger partial charge in [0.2, 0.25) is 0 Å². The minimum absolute atomic E-state index is 0.211. The Kier molecular flexibility index (Phi) is 3.14. The molecule has 2 rings (SSSR count). The first-order valence-corrected chi connectivity index (χ1v) is 4.86. The Morgan fingerprint density at radius 3 is 2.50 bits per heavy atom. The predicted octanol–water partition coefficient (Wildman–Crippen LogP) is 3.38. The molecular formula is C11H7F4N3. The first-order valence-electron chi connectivity index (χ1n) is 4.86. The van der Waals surface area contributed by atoms with Crippen LogP contribution in [-0.2, 0) is 6.18 Å². The van der Waals surface area contributed by atoms with Crippen LogP contribution in [0, 0.1) is 5.82 Å². The number of nitrogens with zero attached hydrogens (tertiary/aromatic N) is 2. The zero-order valence-electron chi connectivity index (χ0n) is 8.87. The molecule has 0 saturated heterocycles. The van der Waals surface area contributed by atoms with E-state index >= 15 is 0 Å². The Morgan fingerprint density at radius 1 is 1.11 bits per heavy atom. The molecule has 0 aliphatic rings. The lowest BCUT2D eigenvalue weighted by molar-refractivity contribution is -0.137. The number of hydrogen-bond acceptors (Lipinski definition) is 3. The van der Waals surface area contributed by atoms with Gasteiger partial charge in [-0.05, 0) is 24.3 Å². The topological polar surface area (TPSA) is 37.8 Å². The lowest BCUT2D eigenvalue weighted by Crippen LogP contribution is -2.06. The van der Waals surface area contributed by atoms with Gasteiger partial charge in [0.15, 0.2) is 0 Å². The molecule has 1 N–H and O–H groups in total. The zero-order valence-corrected chi connectivity index (χ0v) is 8.87. The Balaban J connectivity index is 2.33. The third-order valence-electron chi connectivity index (χ3n) is 2.14. The quantitative estimate of drug-likeness (QED) is 0.838. The molecule has 94 valence electrons. The second kappa shape index (κ2) is 4.59. The molecule has 0 fully saturated rings. The highest BCUT2D eigenvalue weighted by molar-refractivity contribution is 5.57. The average Bonchev–Trinajstić information content (AvgIpc) is 2.32. The van der Waals surface area contributed by atoms with Crippen LogP contribution < -0.4 is 5.32 Å². The Labute approximate surface area is 99.5 Å². The molecule has 0 aliphatic heterocycles. The summed E-state index contributed by atoms with van der Waals surface area (Å²) in [7, 11) is 0. The maximum absolute atomic E-state index is 13.4. The molecule has 1 heterocycles. The molecule has 7 heteroatoms. The summed E-state index contributed by atoms with van der Waals surface area (Å²) in [6.45, 7) is 0. The van der Waals surface area contributed by atoms with Crippen LogP contribution >= 0.6 is 0 Å². The third-order valence-corrected chi connectivity index (χ3v) is 2.14. The fraction of sp³-hybridized carbons (Fsp3) is 0.0909. The van der Waals surface area contributed by atoms with E-state index in [9.17, 15) is 17.6 Å². The van der Waals surface area contributed by atoms with E-state index in [-0.39, 0.29) is 11.5 Å². The SMILES string of the molecule is Fc1ccc(C(F)(F)F)cc1Nc1ccncn1. The van der Waals surface area contributed by atoms with Crippen molar-refractivity contribution in [3.05, 3.63) is 48.2 Å².